The third kappa shape index (κ3) is 3.04. The summed E-state index contributed by atoms with van der Waals surface area (Å²) in [5.74, 6) is 0.534. The maximum atomic E-state index is 5.47. The Morgan fingerprint density at radius 1 is 1.55 bits per heavy atom. The molecule has 58 valence electrons. The summed E-state index contributed by atoms with van der Waals surface area (Å²) in [6.07, 6.45) is 7.35. The lowest BCUT2D eigenvalue weighted by Gasteiger charge is -1.91. The van der Waals surface area contributed by atoms with Gasteiger partial charge in [0.1, 0.15) is 0 Å². The Morgan fingerprint density at radius 3 is 3.00 bits per heavy atom. The first kappa shape index (κ1) is 8.75. The minimum Gasteiger partial charge on any atom is -0.263 e. The fraction of sp³-hybridized carbons (Fsp3) is 0.125. The van der Waals surface area contributed by atoms with Crippen molar-refractivity contribution in [3.63, 3.8) is 0 Å². The van der Waals surface area contributed by atoms with E-state index in [2.05, 4.69) is 20.9 Å². The van der Waals surface area contributed by atoms with Crippen LogP contribution in [0.1, 0.15) is 5.56 Å². The van der Waals surface area contributed by atoms with Crippen LogP contribution in [0.4, 0.5) is 0 Å². The van der Waals surface area contributed by atoms with Crippen LogP contribution in [-0.2, 0) is 0 Å². The summed E-state index contributed by atoms with van der Waals surface area (Å²) in [6.45, 7) is 0. The first-order chi connectivity index (χ1) is 5.33. The number of pyridine rings is 1. The molecule has 0 radical (unpaired) electrons. The van der Waals surface area contributed by atoms with E-state index in [-0.39, 0.29) is 0 Å². The molecule has 0 aromatic carbocycles. The van der Waals surface area contributed by atoms with Gasteiger partial charge in [-0.3, -0.25) is 4.98 Å². The van der Waals surface area contributed by atoms with Crippen molar-refractivity contribution in [1.82, 2.24) is 4.98 Å². The molecule has 1 heterocycles. The minimum atomic E-state index is 0.534. The lowest BCUT2D eigenvalue weighted by Crippen LogP contribution is -1.75. The van der Waals surface area contributed by atoms with Crippen LogP contribution in [-0.4, -0.2) is 10.9 Å². The van der Waals surface area contributed by atoms with E-state index >= 15 is 0 Å². The molecule has 0 bridgehead atoms. The molecule has 0 saturated carbocycles. The molecule has 1 aromatic rings. The van der Waals surface area contributed by atoms with Gasteiger partial charge in [0, 0.05) is 22.7 Å². The molecule has 0 unspecified atom stereocenters. The normalized spacial score (nSPS) is 10.7. The standard InChI is InChI=1S/C8H7BrClN/c9-8-4-7(2-1-3-10)5-11-6-8/h1-2,4-6H,3H2. The Morgan fingerprint density at radius 2 is 2.36 bits per heavy atom. The van der Waals surface area contributed by atoms with E-state index in [1.165, 1.54) is 0 Å². The number of alkyl halides is 1. The highest BCUT2D eigenvalue weighted by Crippen LogP contribution is 2.10. The zero-order valence-electron chi connectivity index (χ0n) is 5.80. The molecule has 0 atom stereocenters. The number of allylic oxidation sites excluding steroid dienone is 1. The van der Waals surface area contributed by atoms with Crippen LogP contribution in [0.15, 0.2) is 29.0 Å². The van der Waals surface area contributed by atoms with Gasteiger partial charge in [-0.1, -0.05) is 12.2 Å². The van der Waals surface area contributed by atoms with Crippen LogP contribution in [0.25, 0.3) is 6.08 Å². The van der Waals surface area contributed by atoms with Gasteiger partial charge in [-0.05, 0) is 27.6 Å². The van der Waals surface area contributed by atoms with Crippen LogP contribution in [0.3, 0.4) is 0 Å². The van der Waals surface area contributed by atoms with Gasteiger partial charge in [-0.2, -0.15) is 0 Å². The Hall–Kier alpha value is -0.340. The van der Waals surface area contributed by atoms with Gasteiger partial charge in [0.05, 0.1) is 0 Å². The number of aromatic nitrogens is 1. The van der Waals surface area contributed by atoms with E-state index in [0.29, 0.717) is 5.88 Å². The highest BCUT2D eigenvalue weighted by molar-refractivity contribution is 9.10. The summed E-state index contributed by atoms with van der Waals surface area (Å²) < 4.78 is 0.981. The Kier molecular flexibility index (Phi) is 3.60. The fourth-order valence-corrected chi connectivity index (χ4v) is 1.17. The number of nitrogens with zero attached hydrogens (tertiary/aromatic N) is 1. The van der Waals surface area contributed by atoms with E-state index in [4.69, 9.17) is 11.6 Å². The molecule has 0 saturated heterocycles. The molecule has 0 N–H and O–H groups in total. The molecule has 1 rings (SSSR count). The lowest BCUT2D eigenvalue weighted by molar-refractivity contribution is 1.30. The van der Waals surface area contributed by atoms with Gasteiger partial charge in [0.25, 0.3) is 0 Å². The second-order valence-corrected chi connectivity index (χ2v) is 3.22. The van der Waals surface area contributed by atoms with E-state index in [9.17, 15) is 0 Å². The molecule has 0 amide bonds. The molecule has 1 nitrogen and oxygen atoms in total. The van der Waals surface area contributed by atoms with Gasteiger partial charge in [-0.15, -0.1) is 11.6 Å². The molecule has 1 aromatic heterocycles. The number of rotatable bonds is 2. The topological polar surface area (TPSA) is 12.9 Å². The fourth-order valence-electron chi connectivity index (χ4n) is 0.700. The number of halogens is 2. The van der Waals surface area contributed by atoms with E-state index in [1.54, 1.807) is 12.4 Å². The van der Waals surface area contributed by atoms with Crippen molar-refractivity contribution in [1.29, 1.82) is 0 Å². The first-order valence-corrected chi connectivity index (χ1v) is 4.49. The maximum Gasteiger partial charge on any atom is 0.0410 e. The maximum absolute atomic E-state index is 5.47. The predicted molar refractivity (Wildman–Crippen MR) is 51.7 cm³/mol. The van der Waals surface area contributed by atoms with E-state index in [1.807, 2.05) is 18.2 Å². The van der Waals surface area contributed by atoms with Gasteiger partial charge in [0.2, 0.25) is 0 Å². The molecule has 0 aliphatic carbocycles. The van der Waals surface area contributed by atoms with Crippen molar-refractivity contribution in [2.45, 2.75) is 0 Å². The van der Waals surface area contributed by atoms with Crippen molar-refractivity contribution in [3.8, 4) is 0 Å². The first-order valence-electron chi connectivity index (χ1n) is 3.16. The second-order valence-electron chi connectivity index (χ2n) is 1.99. The Labute approximate surface area is 79.2 Å². The van der Waals surface area contributed by atoms with Crippen molar-refractivity contribution in [2.75, 3.05) is 5.88 Å². The average Bonchev–Trinajstić information content (AvgIpc) is 2.01. The van der Waals surface area contributed by atoms with Crippen molar-refractivity contribution < 1.29 is 0 Å². The summed E-state index contributed by atoms with van der Waals surface area (Å²) in [5, 5.41) is 0. The van der Waals surface area contributed by atoms with Gasteiger partial charge in [0.15, 0.2) is 0 Å². The Balaban J connectivity index is 2.79. The van der Waals surface area contributed by atoms with Crippen molar-refractivity contribution in [2.24, 2.45) is 0 Å². The van der Waals surface area contributed by atoms with Crippen LogP contribution in [0, 0.1) is 0 Å². The third-order valence-corrected chi connectivity index (χ3v) is 1.74. The minimum absolute atomic E-state index is 0.534. The van der Waals surface area contributed by atoms with Gasteiger partial charge in [-0.25, -0.2) is 0 Å². The zero-order valence-corrected chi connectivity index (χ0v) is 8.14. The highest BCUT2D eigenvalue weighted by Gasteiger charge is 1.87. The summed E-state index contributed by atoms with van der Waals surface area (Å²) in [5.41, 5.74) is 1.06. The Bertz CT molecular complexity index is 260. The largest absolute Gasteiger partial charge is 0.263 e. The molecular formula is C8H7BrClN. The third-order valence-electron chi connectivity index (χ3n) is 1.13. The van der Waals surface area contributed by atoms with E-state index < -0.39 is 0 Å². The lowest BCUT2D eigenvalue weighted by atomic mass is 10.3. The molecule has 0 spiro atoms. The predicted octanol–water partition coefficient (Wildman–Crippen LogP) is 3.10. The smallest absolute Gasteiger partial charge is 0.0410 e. The molecule has 0 aliphatic heterocycles. The van der Waals surface area contributed by atoms with Crippen LogP contribution < -0.4 is 0 Å². The van der Waals surface area contributed by atoms with Crippen molar-refractivity contribution >= 4 is 33.6 Å². The monoisotopic (exact) mass is 231 g/mol. The SMILES string of the molecule is ClCC=Cc1cncc(Br)c1. The van der Waals surface area contributed by atoms with Gasteiger partial charge < -0.3 is 0 Å². The summed E-state index contributed by atoms with van der Waals surface area (Å²) in [6, 6.07) is 1.98. The molecule has 3 heteroatoms. The molecular weight excluding hydrogens is 225 g/mol. The quantitative estimate of drug-likeness (QED) is 0.714. The summed E-state index contributed by atoms with van der Waals surface area (Å²) in [4.78, 5) is 4.00. The van der Waals surface area contributed by atoms with Crippen molar-refractivity contribution in [3.05, 3.63) is 34.6 Å². The van der Waals surface area contributed by atoms with Crippen LogP contribution >= 0.6 is 27.5 Å². The molecule has 0 fully saturated rings. The molecule has 11 heavy (non-hydrogen) atoms. The number of hydrogen-bond donors (Lipinski definition) is 0. The van der Waals surface area contributed by atoms with Crippen LogP contribution in [0.2, 0.25) is 0 Å². The highest BCUT2D eigenvalue weighted by atomic mass is 79.9. The second kappa shape index (κ2) is 4.52. The van der Waals surface area contributed by atoms with Crippen LogP contribution in [0.5, 0.6) is 0 Å². The average molecular weight is 233 g/mol. The van der Waals surface area contributed by atoms with Gasteiger partial charge >= 0.3 is 0 Å². The number of hydrogen-bond acceptors (Lipinski definition) is 1. The zero-order chi connectivity index (χ0) is 8.10. The van der Waals surface area contributed by atoms with E-state index in [0.717, 1.165) is 10.0 Å². The summed E-state index contributed by atoms with van der Waals surface area (Å²) >= 11 is 8.80. The molecule has 0 aliphatic rings. The summed E-state index contributed by atoms with van der Waals surface area (Å²) in [7, 11) is 0.